The van der Waals surface area contributed by atoms with Gasteiger partial charge in [0.1, 0.15) is 23.5 Å². The number of rotatable bonds is 2. The first-order valence-electron chi connectivity index (χ1n) is 8.21. The number of carbonyl (C=O) groups excluding carboxylic acids is 2. The molecule has 4 nitrogen and oxygen atoms in total. The Labute approximate surface area is 150 Å². The van der Waals surface area contributed by atoms with E-state index in [9.17, 15) is 14.0 Å². The van der Waals surface area contributed by atoms with Crippen molar-refractivity contribution in [2.75, 3.05) is 5.32 Å². The summed E-state index contributed by atoms with van der Waals surface area (Å²) in [6.07, 6.45) is 2.60. The second-order valence-corrected chi connectivity index (χ2v) is 6.79. The molecule has 0 spiro atoms. The number of anilines is 1. The fraction of sp³-hybridized carbons (Fsp3) is 0.143. The number of benzene rings is 2. The van der Waals surface area contributed by atoms with Crippen molar-refractivity contribution >= 4 is 29.0 Å². The molecule has 130 valence electrons. The predicted octanol–water partition coefficient (Wildman–Crippen LogP) is 4.19. The number of hydrogen-bond acceptors (Lipinski definition) is 3. The van der Waals surface area contributed by atoms with E-state index >= 15 is 0 Å². The molecule has 0 fully saturated rings. The van der Waals surface area contributed by atoms with Crippen LogP contribution in [0.4, 0.5) is 10.1 Å². The summed E-state index contributed by atoms with van der Waals surface area (Å²) in [7, 11) is 0. The van der Waals surface area contributed by atoms with Gasteiger partial charge >= 0.3 is 0 Å². The van der Waals surface area contributed by atoms with Crippen molar-refractivity contribution in [2.24, 2.45) is 0 Å². The molecule has 2 aromatic rings. The maximum Gasteiger partial charge on any atom is 0.260 e. The average Bonchev–Trinajstić information content (AvgIpc) is 3.09. The molecule has 1 amide bonds. The number of aldehydes is 1. The smallest absolute Gasteiger partial charge is 0.260 e. The third-order valence-corrected chi connectivity index (χ3v) is 4.62. The van der Waals surface area contributed by atoms with Gasteiger partial charge in [-0.15, -0.1) is 0 Å². The molecule has 0 unspecified atom stereocenters. The lowest BCUT2D eigenvalue weighted by molar-refractivity contribution is -0.111. The fourth-order valence-electron chi connectivity index (χ4n) is 3.34. The predicted molar refractivity (Wildman–Crippen MR) is 96.9 cm³/mol. The van der Waals surface area contributed by atoms with Crippen LogP contribution in [0.2, 0.25) is 0 Å². The minimum absolute atomic E-state index is 0.315. The second kappa shape index (κ2) is 5.66. The van der Waals surface area contributed by atoms with Gasteiger partial charge in [-0.1, -0.05) is 24.3 Å². The van der Waals surface area contributed by atoms with Crippen LogP contribution in [0, 0.1) is 5.82 Å². The number of halogens is 1. The van der Waals surface area contributed by atoms with Crippen LogP contribution in [0.1, 0.15) is 35.3 Å². The molecule has 2 heterocycles. The monoisotopic (exact) mass is 349 g/mol. The van der Waals surface area contributed by atoms with E-state index in [1.165, 1.54) is 12.1 Å². The topological polar surface area (TPSA) is 55.4 Å². The Bertz CT molecular complexity index is 1000. The Balaban J connectivity index is 1.85. The molecule has 2 aliphatic rings. The molecular weight excluding hydrogens is 333 g/mol. The summed E-state index contributed by atoms with van der Waals surface area (Å²) in [6, 6.07) is 11.3. The average molecular weight is 349 g/mol. The van der Waals surface area contributed by atoms with E-state index in [0.717, 1.165) is 17.4 Å². The SMILES string of the molecule is CC1(C)O/C(=C2/C(=O)Nc3ccc(F)cc32)C=C1c1ccc(C=O)cc1. The number of nitrogens with one attached hydrogen (secondary N) is 1. The molecule has 5 heteroatoms. The molecule has 4 rings (SSSR count). The van der Waals surface area contributed by atoms with Crippen LogP contribution in [0.15, 0.2) is 54.3 Å². The van der Waals surface area contributed by atoms with Crippen LogP contribution < -0.4 is 5.32 Å². The lowest BCUT2D eigenvalue weighted by atomic mass is 9.92. The minimum Gasteiger partial charge on any atom is -0.482 e. The molecule has 0 bridgehead atoms. The number of fused-ring (bicyclic) bond motifs is 1. The van der Waals surface area contributed by atoms with Crippen LogP contribution >= 0.6 is 0 Å². The summed E-state index contributed by atoms with van der Waals surface area (Å²) in [5.41, 5.74) is 3.09. The van der Waals surface area contributed by atoms with Crippen LogP contribution in [-0.2, 0) is 9.53 Å². The molecule has 0 atom stereocenters. The van der Waals surface area contributed by atoms with E-state index in [2.05, 4.69) is 5.32 Å². The molecule has 0 aliphatic carbocycles. The summed E-state index contributed by atoms with van der Waals surface area (Å²) >= 11 is 0. The zero-order valence-corrected chi connectivity index (χ0v) is 14.3. The first-order valence-corrected chi connectivity index (χ1v) is 8.21. The largest absolute Gasteiger partial charge is 0.482 e. The van der Waals surface area contributed by atoms with Gasteiger partial charge in [0.2, 0.25) is 0 Å². The molecule has 26 heavy (non-hydrogen) atoms. The van der Waals surface area contributed by atoms with E-state index in [1.54, 1.807) is 18.2 Å². The number of allylic oxidation sites excluding steroid dienone is 1. The van der Waals surface area contributed by atoms with Crippen molar-refractivity contribution in [1.29, 1.82) is 0 Å². The maximum atomic E-state index is 13.7. The highest BCUT2D eigenvalue weighted by atomic mass is 19.1. The first-order chi connectivity index (χ1) is 12.4. The summed E-state index contributed by atoms with van der Waals surface area (Å²) in [6.45, 7) is 3.80. The second-order valence-electron chi connectivity index (χ2n) is 6.79. The molecule has 1 N–H and O–H groups in total. The Morgan fingerprint density at radius 1 is 1.12 bits per heavy atom. The number of ether oxygens (including phenoxy) is 1. The molecule has 0 saturated heterocycles. The Morgan fingerprint density at radius 2 is 1.85 bits per heavy atom. The lowest BCUT2D eigenvalue weighted by Gasteiger charge is -2.23. The molecule has 0 aromatic heterocycles. The third kappa shape index (κ3) is 2.52. The van der Waals surface area contributed by atoms with E-state index in [1.807, 2.05) is 32.1 Å². The number of hydrogen-bond donors (Lipinski definition) is 1. The highest BCUT2D eigenvalue weighted by Gasteiger charge is 2.38. The summed E-state index contributed by atoms with van der Waals surface area (Å²) < 4.78 is 19.7. The van der Waals surface area contributed by atoms with Crippen molar-refractivity contribution in [3.63, 3.8) is 0 Å². The number of carbonyl (C=O) groups is 2. The van der Waals surface area contributed by atoms with Gasteiger partial charge in [-0.05, 0) is 43.7 Å². The van der Waals surface area contributed by atoms with Gasteiger partial charge in [-0.2, -0.15) is 0 Å². The first kappa shape index (κ1) is 16.3. The zero-order valence-electron chi connectivity index (χ0n) is 14.3. The highest BCUT2D eigenvalue weighted by Crippen LogP contribution is 2.44. The molecular formula is C21H16FNO3. The fourth-order valence-corrected chi connectivity index (χ4v) is 3.34. The van der Waals surface area contributed by atoms with Gasteiger partial charge in [0.25, 0.3) is 5.91 Å². The molecule has 0 saturated carbocycles. The number of amides is 1. The molecule has 0 radical (unpaired) electrons. The Kier molecular flexibility index (Phi) is 3.54. The van der Waals surface area contributed by atoms with E-state index in [0.29, 0.717) is 28.1 Å². The van der Waals surface area contributed by atoms with E-state index in [-0.39, 0.29) is 5.91 Å². The Morgan fingerprint density at radius 3 is 2.54 bits per heavy atom. The molecule has 2 aliphatic heterocycles. The summed E-state index contributed by atoms with van der Waals surface area (Å²) in [5, 5.41) is 2.74. The van der Waals surface area contributed by atoms with Crippen LogP contribution in [0.3, 0.4) is 0 Å². The van der Waals surface area contributed by atoms with Crippen molar-refractivity contribution < 1.29 is 18.7 Å². The van der Waals surface area contributed by atoms with Crippen molar-refractivity contribution in [3.05, 3.63) is 76.8 Å². The van der Waals surface area contributed by atoms with Crippen molar-refractivity contribution in [2.45, 2.75) is 19.4 Å². The van der Waals surface area contributed by atoms with Crippen LogP contribution in [0.25, 0.3) is 11.1 Å². The quantitative estimate of drug-likeness (QED) is 0.653. The van der Waals surface area contributed by atoms with E-state index in [4.69, 9.17) is 4.74 Å². The van der Waals surface area contributed by atoms with Crippen molar-refractivity contribution in [1.82, 2.24) is 0 Å². The standard InChI is InChI=1S/C21H16FNO3/c1-21(2)16(13-5-3-12(11-24)4-6-13)10-18(26-21)19-15-9-14(22)7-8-17(15)23-20(19)25/h3-11H,1-2H3,(H,23,25)/b19-18+. The highest BCUT2D eigenvalue weighted by molar-refractivity contribution is 6.32. The van der Waals surface area contributed by atoms with Gasteiger partial charge in [0.15, 0.2) is 0 Å². The normalized spacial score (nSPS) is 20.3. The molecule has 2 aromatic carbocycles. The van der Waals surface area contributed by atoms with Crippen molar-refractivity contribution in [3.8, 4) is 0 Å². The van der Waals surface area contributed by atoms with Gasteiger partial charge in [-0.3, -0.25) is 9.59 Å². The maximum absolute atomic E-state index is 13.7. The third-order valence-electron chi connectivity index (χ3n) is 4.62. The van der Waals surface area contributed by atoms with Gasteiger partial charge < -0.3 is 10.1 Å². The minimum atomic E-state index is -0.665. The van der Waals surface area contributed by atoms with Gasteiger partial charge in [0.05, 0.1) is 5.57 Å². The van der Waals surface area contributed by atoms with Crippen LogP contribution in [-0.4, -0.2) is 17.8 Å². The summed E-state index contributed by atoms with van der Waals surface area (Å²) in [5.74, 6) is -0.319. The zero-order chi connectivity index (χ0) is 18.5. The van der Waals surface area contributed by atoms with Gasteiger partial charge in [0, 0.05) is 22.4 Å². The Hall–Kier alpha value is -3.21. The van der Waals surface area contributed by atoms with Crippen LogP contribution in [0.5, 0.6) is 0 Å². The van der Waals surface area contributed by atoms with E-state index < -0.39 is 11.4 Å². The lowest BCUT2D eigenvalue weighted by Crippen LogP contribution is -2.21. The van der Waals surface area contributed by atoms with Gasteiger partial charge in [-0.25, -0.2) is 4.39 Å². The summed E-state index contributed by atoms with van der Waals surface area (Å²) in [4.78, 5) is 23.3.